The van der Waals surface area contributed by atoms with Crippen molar-refractivity contribution in [3.63, 3.8) is 0 Å². The molecule has 2 saturated carbocycles. The molecule has 246 valence electrons. The van der Waals surface area contributed by atoms with E-state index in [2.05, 4.69) is 10.3 Å². The van der Waals surface area contributed by atoms with Gasteiger partial charge in [-0.15, -0.1) is 11.8 Å². The van der Waals surface area contributed by atoms with Crippen LogP contribution in [-0.4, -0.2) is 34.6 Å². The lowest BCUT2D eigenvalue weighted by atomic mass is 9.68. The Morgan fingerprint density at radius 3 is 2.44 bits per heavy atom. The number of thioether (sulfide) groups is 1. The normalized spacial score (nSPS) is 27.1. The van der Waals surface area contributed by atoms with E-state index in [-0.39, 0.29) is 40.4 Å². The molecule has 1 saturated heterocycles. The van der Waals surface area contributed by atoms with E-state index >= 15 is 0 Å². The Hall–Kier alpha value is -4.43. The number of alkyl halides is 3. The number of carbonyl (C=O) groups is 3. The Morgan fingerprint density at radius 2 is 1.69 bits per heavy atom. The lowest BCUT2D eigenvalue weighted by Crippen LogP contribution is -2.42. The van der Waals surface area contributed by atoms with Gasteiger partial charge in [0.1, 0.15) is 11.6 Å². The largest absolute Gasteiger partial charge is 0.484 e. The molecule has 0 radical (unpaired) electrons. The predicted molar refractivity (Wildman–Crippen MR) is 169 cm³/mol. The van der Waals surface area contributed by atoms with Gasteiger partial charge in [-0.1, -0.05) is 35.6 Å². The van der Waals surface area contributed by atoms with Crippen molar-refractivity contribution in [2.75, 3.05) is 16.8 Å². The second-order valence-corrected chi connectivity index (χ2v) is 14.6. The van der Waals surface area contributed by atoms with E-state index in [1.165, 1.54) is 54.2 Å². The van der Waals surface area contributed by atoms with Gasteiger partial charge in [-0.05, 0) is 78.3 Å². The number of aromatic nitrogens is 1. The molecule has 48 heavy (non-hydrogen) atoms. The van der Waals surface area contributed by atoms with Gasteiger partial charge in [0.15, 0.2) is 6.61 Å². The fraction of sp³-hybridized carbons (Fsp3) is 0.294. The quantitative estimate of drug-likeness (QED) is 0.181. The predicted octanol–water partition coefficient (Wildman–Crippen LogP) is 6.29. The smallest absolute Gasteiger partial charge is 0.418 e. The highest BCUT2D eigenvalue weighted by Crippen LogP contribution is 2.69. The first-order chi connectivity index (χ1) is 23.0. The molecule has 3 aromatic carbocycles. The summed E-state index contributed by atoms with van der Waals surface area (Å²) in [6.07, 6.45) is -4.18. The average molecular weight is 696 g/mol. The summed E-state index contributed by atoms with van der Waals surface area (Å²) >= 11 is 2.55. The Morgan fingerprint density at radius 1 is 0.958 bits per heavy atom. The molecule has 2 bridgehead atoms. The Balaban J connectivity index is 1.10. The number of ether oxygens (including phenoxy) is 1. The number of imide groups is 1. The number of amides is 3. The van der Waals surface area contributed by atoms with Crippen molar-refractivity contribution in [3.8, 4) is 5.75 Å². The summed E-state index contributed by atoms with van der Waals surface area (Å²) in [6.45, 7) is -0.323. The molecule has 4 unspecified atom stereocenters. The van der Waals surface area contributed by atoms with E-state index in [1.54, 1.807) is 18.2 Å². The maximum atomic E-state index is 14.0. The molecule has 4 aromatic rings. The van der Waals surface area contributed by atoms with Gasteiger partial charge >= 0.3 is 11.0 Å². The number of nitrogens with zero attached hydrogens (tertiary/aromatic N) is 1. The summed E-state index contributed by atoms with van der Waals surface area (Å²) in [4.78, 5) is 57.2. The summed E-state index contributed by atoms with van der Waals surface area (Å²) in [7, 11) is 0. The van der Waals surface area contributed by atoms with Crippen molar-refractivity contribution in [2.24, 2.45) is 29.6 Å². The van der Waals surface area contributed by atoms with Crippen molar-refractivity contribution in [3.05, 3.63) is 104 Å². The van der Waals surface area contributed by atoms with Gasteiger partial charge in [-0.3, -0.25) is 19.2 Å². The summed E-state index contributed by atoms with van der Waals surface area (Å²) < 4.78 is 60.9. The number of anilines is 2. The third kappa shape index (κ3) is 4.95. The first kappa shape index (κ1) is 30.9. The number of nitrogens with one attached hydrogen (secondary N) is 2. The molecule has 2 aliphatic heterocycles. The van der Waals surface area contributed by atoms with Gasteiger partial charge in [-0.25, -0.2) is 9.29 Å². The molecule has 4 aliphatic rings. The molecule has 3 fully saturated rings. The maximum Gasteiger partial charge on any atom is 0.418 e. The van der Waals surface area contributed by atoms with Crippen LogP contribution in [-0.2, 0) is 20.6 Å². The Kier molecular flexibility index (Phi) is 7.29. The fourth-order valence-corrected chi connectivity index (χ4v) is 11.1. The number of hydrogen-bond donors (Lipinski definition) is 2. The molecular weight excluding hydrogens is 671 g/mol. The van der Waals surface area contributed by atoms with E-state index in [0.29, 0.717) is 22.9 Å². The highest BCUT2D eigenvalue weighted by molar-refractivity contribution is 8.00. The van der Waals surface area contributed by atoms with Crippen LogP contribution in [0.2, 0.25) is 0 Å². The number of halogens is 4. The van der Waals surface area contributed by atoms with Crippen LogP contribution in [0.3, 0.4) is 0 Å². The minimum atomic E-state index is -4.75. The van der Waals surface area contributed by atoms with Crippen molar-refractivity contribution >= 4 is 52.2 Å². The van der Waals surface area contributed by atoms with Crippen molar-refractivity contribution in [1.82, 2.24) is 4.98 Å². The first-order valence-corrected chi connectivity index (χ1v) is 16.9. The molecule has 3 heterocycles. The number of para-hydroxylation sites is 1. The number of rotatable bonds is 6. The summed E-state index contributed by atoms with van der Waals surface area (Å²) in [6, 6.07) is 17.1. The molecule has 3 amide bonds. The SMILES string of the molecule is O=C(COc1cccc([C@H]2c3sc(=O)[nH]c3SC3C2[C@H]2C[C@@H]3C3C(=O)N(c4ccccc4C(F)(F)F)C(=O)C32)c1)Nc1ccc(F)cc1. The van der Waals surface area contributed by atoms with E-state index in [9.17, 15) is 36.7 Å². The van der Waals surface area contributed by atoms with Crippen molar-refractivity contribution < 1.29 is 36.7 Å². The van der Waals surface area contributed by atoms with Gasteiger partial charge in [0.05, 0.1) is 28.1 Å². The van der Waals surface area contributed by atoms with Gasteiger partial charge in [-0.2, -0.15) is 13.2 Å². The zero-order valence-corrected chi connectivity index (χ0v) is 26.3. The number of thiazole rings is 1. The molecular formula is C34H25F4N3O5S2. The number of carbonyl (C=O) groups excluding carboxylic acids is 3. The van der Waals surface area contributed by atoms with E-state index in [4.69, 9.17) is 4.74 Å². The Labute approximate surface area is 278 Å². The molecule has 0 spiro atoms. The lowest BCUT2D eigenvalue weighted by molar-refractivity contribution is -0.137. The molecule has 14 heteroatoms. The number of aromatic amines is 1. The third-order valence-electron chi connectivity index (χ3n) is 9.89. The average Bonchev–Trinajstić information content (AvgIpc) is 3.79. The lowest BCUT2D eigenvalue weighted by Gasteiger charge is -2.43. The fourth-order valence-electron chi connectivity index (χ4n) is 8.21. The van der Waals surface area contributed by atoms with Crippen LogP contribution in [0, 0.1) is 35.4 Å². The summed E-state index contributed by atoms with van der Waals surface area (Å²) in [5.74, 6) is -4.37. The van der Waals surface area contributed by atoms with Crippen LogP contribution >= 0.6 is 23.1 Å². The van der Waals surface area contributed by atoms with Gasteiger partial charge in [0.25, 0.3) is 5.91 Å². The highest BCUT2D eigenvalue weighted by atomic mass is 32.2. The van der Waals surface area contributed by atoms with E-state index in [1.807, 2.05) is 6.07 Å². The number of benzene rings is 3. The maximum absolute atomic E-state index is 14.0. The van der Waals surface area contributed by atoms with Crippen LogP contribution in [0.5, 0.6) is 5.75 Å². The number of fused-ring (bicyclic) bond motifs is 9. The number of H-pyrrole nitrogens is 1. The van der Waals surface area contributed by atoms with E-state index in [0.717, 1.165) is 32.7 Å². The molecule has 2 aliphatic carbocycles. The van der Waals surface area contributed by atoms with Crippen LogP contribution in [0.15, 0.2) is 82.6 Å². The van der Waals surface area contributed by atoms with Crippen LogP contribution < -0.4 is 19.8 Å². The summed E-state index contributed by atoms with van der Waals surface area (Å²) in [5.41, 5.74) is -0.280. The third-order valence-corrected chi connectivity index (χ3v) is 12.5. The van der Waals surface area contributed by atoms with Gasteiger partial charge in [0.2, 0.25) is 11.8 Å². The van der Waals surface area contributed by atoms with Crippen LogP contribution in [0.25, 0.3) is 0 Å². The van der Waals surface area contributed by atoms with Crippen molar-refractivity contribution in [2.45, 2.75) is 28.8 Å². The van der Waals surface area contributed by atoms with Gasteiger partial charge in [0, 0.05) is 21.7 Å². The second kappa shape index (κ2) is 11.3. The number of hydrogen-bond acceptors (Lipinski definition) is 7. The zero-order chi connectivity index (χ0) is 33.5. The topological polar surface area (TPSA) is 109 Å². The molecule has 8 rings (SSSR count). The monoisotopic (exact) mass is 695 g/mol. The van der Waals surface area contributed by atoms with Crippen LogP contribution in [0.1, 0.15) is 28.3 Å². The molecule has 1 aromatic heterocycles. The highest BCUT2D eigenvalue weighted by Gasteiger charge is 2.70. The Bertz CT molecular complexity index is 2030. The molecule has 2 N–H and O–H groups in total. The zero-order valence-electron chi connectivity index (χ0n) is 24.7. The van der Waals surface area contributed by atoms with Crippen molar-refractivity contribution in [1.29, 1.82) is 0 Å². The molecule has 7 atom stereocenters. The minimum Gasteiger partial charge on any atom is -0.484 e. The first-order valence-electron chi connectivity index (χ1n) is 15.2. The minimum absolute atomic E-state index is 0.167. The summed E-state index contributed by atoms with van der Waals surface area (Å²) in [5, 5.41) is 3.16. The van der Waals surface area contributed by atoms with Crippen LogP contribution in [0.4, 0.5) is 28.9 Å². The van der Waals surface area contributed by atoms with Gasteiger partial charge < -0.3 is 15.0 Å². The van der Waals surface area contributed by atoms with E-state index < -0.39 is 52.8 Å². The molecule has 8 nitrogen and oxygen atoms in total. The standard InChI is InChI=1S/C34H25F4N3O5S2/c35-16-8-10-17(11-9-16)39-23(42)14-46-18-5-3-4-15(12-18)24-25-19-13-20(28(25)47-30-29(24)48-33(45)40-30)27-26(19)31(43)41(32(27)44)22-7-2-1-6-21(22)34(36,37)38/h1-12,19-20,24-28H,13-14H2,(H,39,42)(H,40,45)/t19-,20-,24-,25?,26?,27?,28?/m1/s1. The second-order valence-electron chi connectivity index (χ2n) is 12.4.